The molecule has 7 rings (SSSR count). The van der Waals surface area contributed by atoms with Crippen molar-refractivity contribution < 1.29 is 32.5 Å². The molecule has 11 heteroatoms. The average molecular weight is 790 g/mol. The summed E-state index contributed by atoms with van der Waals surface area (Å²) >= 11 is 0. The van der Waals surface area contributed by atoms with E-state index in [-0.39, 0.29) is 42.6 Å². The number of nitrogens with one attached hydrogen (secondary N) is 2. The van der Waals surface area contributed by atoms with E-state index in [1.165, 1.54) is 0 Å². The van der Waals surface area contributed by atoms with Crippen molar-refractivity contribution in [3.05, 3.63) is 161 Å². The SMILES string of the molecule is Cc1ccc(S(=O)(=O)N[C@H](Cc2ccccc2)C(=O)NCc2ccccc2-c2ccc([C@H]3O[C@@H](CN4CCOCC4)[C@@H](C)[C@@H](c4ccc(CO)cc4)O3)cc2)cc1. The van der Waals surface area contributed by atoms with E-state index < -0.39 is 28.3 Å². The summed E-state index contributed by atoms with van der Waals surface area (Å²) in [5, 5.41) is 12.6. The van der Waals surface area contributed by atoms with E-state index in [2.05, 4.69) is 21.9 Å². The summed E-state index contributed by atoms with van der Waals surface area (Å²) in [6.45, 7) is 8.15. The van der Waals surface area contributed by atoms with Crippen molar-refractivity contribution in [1.82, 2.24) is 14.9 Å². The molecule has 0 radical (unpaired) electrons. The Bertz CT molecular complexity index is 2180. The van der Waals surface area contributed by atoms with E-state index in [1.54, 1.807) is 24.3 Å². The number of carbonyl (C=O) groups excluding carboxylic acids is 1. The van der Waals surface area contributed by atoms with Crippen LogP contribution in [0.1, 0.15) is 52.7 Å². The van der Waals surface area contributed by atoms with Crippen LogP contribution in [-0.4, -0.2) is 69.3 Å². The molecule has 0 bridgehead atoms. The van der Waals surface area contributed by atoms with Crippen LogP contribution in [-0.2, 0) is 48.6 Å². The normalized spacial score (nSPS) is 20.8. The van der Waals surface area contributed by atoms with Gasteiger partial charge >= 0.3 is 0 Å². The standard InChI is InChI=1S/C46H51N3O7S/c1-32-12-22-40(23-13-32)57(52,53)48-42(28-34-8-4-3-5-9-34)45(51)47-29-39-10-6-7-11-41(39)36-18-20-38(21-19-36)46-55-43(30-49-24-26-54-27-25-49)33(2)44(56-46)37-16-14-35(31-50)15-17-37/h3-23,33,42-44,46,48,50H,24-31H2,1-2H3,(H,47,51)/t33-,42-,43+,44+,46+/m1/s1. The van der Waals surface area contributed by atoms with E-state index in [9.17, 15) is 18.3 Å². The average Bonchev–Trinajstić information content (AvgIpc) is 3.24. The second kappa shape index (κ2) is 18.7. The third-order valence-electron chi connectivity index (χ3n) is 10.9. The van der Waals surface area contributed by atoms with E-state index >= 15 is 0 Å². The number of hydrogen-bond donors (Lipinski definition) is 3. The number of amides is 1. The number of carbonyl (C=O) groups is 1. The molecule has 5 atom stereocenters. The maximum absolute atomic E-state index is 13.8. The molecule has 2 saturated heterocycles. The Kier molecular flexibility index (Phi) is 13.3. The topological polar surface area (TPSA) is 126 Å². The predicted octanol–water partition coefficient (Wildman–Crippen LogP) is 6.48. The van der Waals surface area contributed by atoms with Gasteiger partial charge in [0.05, 0.1) is 36.9 Å². The van der Waals surface area contributed by atoms with Crippen LogP contribution < -0.4 is 10.0 Å². The fourth-order valence-electron chi connectivity index (χ4n) is 7.46. The molecule has 2 heterocycles. The van der Waals surface area contributed by atoms with Gasteiger partial charge in [-0.1, -0.05) is 128 Å². The minimum atomic E-state index is -3.97. The van der Waals surface area contributed by atoms with Gasteiger partial charge in [-0.05, 0) is 58.9 Å². The molecular weight excluding hydrogens is 739 g/mol. The Morgan fingerprint density at radius 1 is 0.807 bits per heavy atom. The molecule has 2 aliphatic heterocycles. The van der Waals surface area contributed by atoms with Gasteiger partial charge in [0.15, 0.2) is 6.29 Å². The Morgan fingerprint density at radius 2 is 1.47 bits per heavy atom. The Balaban J connectivity index is 1.08. The lowest BCUT2D eigenvalue weighted by molar-refractivity contribution is -0.277. The molecule has 0 aromatic heterocycles. The number of benzene rings is 5. The molecule has 0 aliphatic carbocycles. The lowest BCUT2D eigenvalue weighted by Crippen LogP contribution is -2.47. The van der Waals surface area contributed by atoms with Crippen LogP contribution in [0.25, 0.3) is 11.1 Å². The number of ether oxygens (including phenoxy) is 3. The molecule has 0 spiro atoms. The Labute approximate surface area is 335 Å². The fourth-order valence-corrected chi connectivity index (χ4v) is 8.65. The largest absolute Gasteiger partial charge is 0.392 e. The van der Waals surface area contributed by atoms with Gasteiger partial charge in [-0.25, -0.2) is 8.42 Å². The van der Waals surface area contributed by atoms with Gasteiger partial charge in [0.2, 0.25) is 15.9 Å². The molecule has 57 heavy (non-hydrogen) atoms. The first-order valence-corrected chi connectivity index (χ1v) is 21.0. The lowest BCUT2D eigenvalue weighted by atomic mass is 9.90. The zero-order valence-corrected chi connectivity index (χ0v) is 33.2. The van der Waals surface area contributed by atoms with Crippen LogP contribution in [0.3, 0.4) is 0 Å². The molecule has 5 aromatic carbocycles. The first-order valence-electron chi connectivity index (χ1n) is 19.6. The van der Waals surface area contributed by atoms with Crippen molar-refractivity contribution in [3.63, 3.8) is 0 Å². The highest BCUT2D eigenvalue weighted by atomic mass is 32.2. The van der Waals surface area contributed by atoms with Gasteiger partial charge in [0.25, 0.3) is 0 Å². The number of aryl methyl sites for hydroxylation is 1. The smallest absolute Gasteiger partial charge is 0.241 e. The van der Waals surface area contributed by atoms with E-state index in [0.29, 0.717) is 13.2 Å². The van der Waals surface area contributed by atoms with Gasteiger partial charge in [-0.2, -0.15) is 4.72 Å². The van der Waals surface area contributed by atoms with E-state index in [4.69, 9.17) is 14.2 Å². The number of hydrogen-bond acceptors (Lipinski definition) is 8. The molecule has 0 saturated carbocycles. The van der Waals surface area contributed by atoms with Gasteiger partial charge in [-0.3, -0.25) is 9.69 Å². The highest BCUT2D eigenvalue weighted by molar-refractivity contribution is 7.89. The van der Waals surface area contributed by atoms with Gasteiger partial charge in [0.1, 0.15) is 6.04 Å². The monoisotopic (exact) mass is 789 g/mol. The number of nitrogens with zero attached hydrogens (tertiary/aromatic N) is 1. The second-order valence-electron chi connectivity index (χ2n) is 14.9. The molecule has 10 nitrogen and oxygen atoms in total. The van der Waals surface area contributed by atoms with Crippen molar-refractivity contribution in [3.8, 4) is 11.1 Å². The molecule has 0 unspecified atom stereocenters. The third-order valence-corrected chi connectivity index (χ3v) is 12.3. The Morgan fingerprint density at radius 3 is 2.18 bits per heavy atom. The van der Waals surface area contributed by atoms with Crippen LogP contribution in [0.2, 0.25) is 0 Å². The molecule has 5 aromatic rings. The molecule has 2 aliphatic rings. The summed E-state index contributed by atoms with van der Waals surface area (Å²) in [4.78, 5) is 16.3. The minimum absolute atomic E-state index is 0.0144. The van der Waals surface area contributed by atoms with E-state index in [0.717, 1.165) is 64.1 Å². The number of morpholine rings is 1. The molecule has 298 valence electrons. The molecule has 2 fully saturated rings. The first-order chi connectivity index (χ1) is 27.7. The number of sulfonamides is 1. The lowest BCUT2D eigenvalue weighted by Gasteiger charge is -2.43. The van der Waals surface area contributed by atoms with Gasteiger partial charge in [0, 0.05) is 37.7 Å². The zero-order valence-electron chi connectivity index (χ0n) is 32.4. The van der Waals surface area contributed by atoms with E-state index in [1.807, 2.05) is 110 Å². The first kappa shape index (κ1) is 40.5. The van der Waals surface area contributed by atoms with Crippen LogP contribution in [0.5, 0.6) is 0 Å². The third kappa shape index (κ3) is 10.2. The number of aliphatic hydroxyl groups is 1. The van der Waals surface area contributed by atoms with Crippen LogP contribution in [0.15, 0.2) is 132 Å². The molecule has 3 N–H and O–H groups in total. The summed E-state index contributed by atoms with van der Waals surface area (Å²) < 4.78 is 48.5. The van der Waals surface area contributed by atoms with Crippen LogP contribution in [0, 0.1) is 12.8 Å². The highest BCUT2D eigenvalue weighted by Crippen LogP contribution is 2.42. The van der Waals surface area contributed by atoms with Crippen molar-refractivity contribution in [2.24, 2.45) is 5.92 Å². The molecular formula is C46H51N3O7S. The summed E-state index contributed by atoms with van der Waals surface area (Å²) in [5.74, 6) is -0.344. The highest BCUT2D eigenvalue weighted by Gasteiger charge is 2.39. The quantitative estimate of drug-likeness (QED) is 0.117. The van der Waals surface area contributed by atoms with Crippen molar-refractivity contribution in [2.45, 2.75) is 62.9 Å². The number of rotatable bonds is 14. The molecule has 1 amide bonds. The summed E-state index contributed by atoms with van der Waals surface area (Å²) in [7, 11) is -3.97. The summed E-state index contributed by atoms with van der Waals surface area (Å²) in [5.41, 5.74) is 7.34. The Hall–Kier alpha value is -4.72. The van der Waals surface area contributed by atoms with Gasteiger partial charge in [-0.15, -0.1) is 0 Å². The minimum Gasteiger partial charge on any atom is -0.392 e. The zero-order chi connectivity index (χ0) is 39.8. The predicted molar refractivity (Wildman–Crippen MR) is 219 cm³/mol. The summed E-state index contributed by atoms with van der Waals surface area (Å²) in [6, 6.07) is 38.8. The van der Waals surface area contributed by atoms with Crippen LogP contribution >= 0.6 is 0 Å². The van der Waals surface area contributed by atoms with Crippen molar-refractivity contribution in [1.29, 1.82) is 0 Å². The van der Waals surface area contributed by atoms with Crippen molar-refractivity contribution >= 4 is 15.9 Å². The second-order valence-corrected chi connectivity index (χ2v) is 16.6. The van der Waals surface area contributed by atoms with Gasteiger partial charge < -0.3 is 24.6 Å². The number of aliphatic hydroxyl groups excluding tert-OH is 1. The maximum Gasteiger partial charge on any atom is 0.241 e. The fraction of sp³-hybridized carbons (Fsp3) is 0.326. The maximum atomic E-state index is 13.8. The summed E-state index contributed by atoms with van der Waals surface area (Å²) in [6.07, 6.45) is -0.699. The van der Waals surface area contributed by atoms with Crippen molar-refractivity contribution in [2.75, 3.05) is 32.8 Å². The van der Waals surface area contributed by atoms with Crippen LogP contribution in [0.4, 0.5) is 0 Å².